The summed E-state index contributed by atoms with van der Waals surface area (Å²) in [5.74, 6) is 0.741. The van der Waals surface area contributed by atoms with Crippen molar-refractivity contribution in [1.29, 1.82) is 0 Å². The van der Waals surface area contributed by atoms with Gasteiger partial charge in [-0.05, 0) is 56.6 Å². The van der Waals surface area contributed by atoms with Crippen LogP contribution >= 0.6 is 24.0 Å². The van der Waals surface area contributed by atoms with Crippen LogP contribution < -0.4 is 5.32 Å². The summed E-state index contributed by atoms with van der Waals surface area (Å²) in [5.41, 5.74) is 0.616. The third kappa shape index (κ3) is 6.13. The molecule has 4 nitrogen and oxygen atoms in total. The number of likely N-dealkylation sites (tertiary alicyclic amines) is 1. The Morgan fingerprint density at radius 3 is 2.35 bits per heavy atom. The van der Waals surface area contributed by atoms with E-state index in [9.17, 15) is 9.59 Å². The van der Waals surface area contributed by atoms with Crippen molar-refractivity contribution < 1.29 is 9.59 Å². The quantitative estimate of drug-likeness (QED) is 0.794. The maximum atomic E-state index is 12.2. The highest BCUT2D eigenvalue weighted by Gasteiger charge is 2.22. The first-order chi connectivity index (χ1) is 10.6. The third-order valence-corrected chi connectivity index (χ3v) is 4.44. The van der Waals surface area contributed by atoms with Gasteiger partial charge in [-0.2, -0.15) is 0 Å². The molecule has 1 aromatic rings. The molecule has 0 unspecified atom stereocenters. The molecule has 1 N–H and O–H groups in total. The topological polar surface area (TPSA) is 49.4 Å². The van der Waals surface area contributed by atoms with Crippen molar-refractivity contribution in [2.45, 2.75) is 25.7 Å². The first kappa shape index (κ1) is 19.9. The highest BCUT2D eigenvalue weighted by atomic mass is 35.5. The fourth-order valence-electron chi connectivity index (χ4n) is 2.83. The zero-order chi connectivity index (χ0) is 15.9. The second-order valence-electron chi connectivity index (χ2n) is 5.81. The van der Waals surface area contributed by atoms with Crippen LogP contribution in [0.3, 0.4) is 0 Å². The minimum atomic E-state index is -0.00455. The number of benzene rings is 1. The second-order valence-corrected chi connectivity index (χ2v) is 6.25. The molecular formula is C17H24Cl2N2O2. The van der Waals surface area contributed by atoms with Gasteiger partial charge in [0.2, 0.25) is 5.91 Å². The van der Waals surface area contributed by atoms with Crippen molar-refractivity contribution in [3.05, 3.63) is 34.9 Å². The van der Waals surface area contributed by atoms with Crippen molar-refractivity contribution >= 4 is 35.7 Å². The number of Topliss-reactive ketones (excluding diaryl/α,β-unsaturated/α-hetero) is 1. The molecule has 128 valence electrons. The van der Waals surface area contributed by atoms with Crippen LogP contribution in [0.4, 0.5) is 0 Å². The van der Waals surface area contributed by atoms with E-state index in [4.69, 9.17) is 11.6 Å². The molecule has 0 saturated carbocycles. The van der Waals surface area contributed by atoms with E-state index in [1.807, 2.05) is 11.9 Å². The number of nitrogens with one attached hydrogen (secondary N) is 1. The monoisotopic (exact) mass is 358 g/mol. The van der Waals surface area contributed by atoms with Gasteiger partial charge in [0.25, 0.3) is 0 Å². The Balaban J connectivity index is 0.00000264. The first-order valence-corrected chi connectivity index (χ1v) is 8.19. The number of rotatable bonds is 6. The molecule has 0 radical (unpaired) electrons. The minimum absolute atomic E-state index is 0. The van der Waals surface area contributed by atoms with E-state index in [0.717, 1.165) is 32.5 Å². The Morgan fingerprint density at radius 1 is 1.17 bits per heavy atom. The molecule has 2 rings (SSSR count). The maximum absolute atomic E-state index is 12.2. The Bertz CT molecular complexity index is 512. The Hall–Kier alpha value is -1.10. The van der Waals surface area contributed by atoms with Gasteiger partial charge in [-0.3, -0.25) is 9.59 Å². The number of carbonyl (C=O) groups is 2. The van der Waals surface area contributed by atoms with E-state index >= 15 is 0 Å². The lowest BCUT2D eigenvalue weighted by atomic mass is 9.96. The van der Waals surface area contributed by atoms with E-state index in [2.05, 4.69) is 5.32 Å². The fraction of sp³-hybridized carbons (Fsp3) is 0.529. The molecule has 0 spiro atoms. The SMILES string of the molecule is CNCC1CCN(C(=O)CCC(=O)c2ccc(Cl)cc2)CC1.Cl. The molecule has 1 heterocycles. The largest absolute Gasteiger partial charge is 0.343 e. The zero-order valence-corrected chi connectivity index (χ0v) is 15.0. The molecule has 1 amide bonds. The van der Waals surface area contributed by atoms with Gasteiger partial charge in [-0.25, -0.2) is 0 Å². The molecule has 0 atom stereocenters. The van der Waals surface area contributed by atoms with Crippen LogP contribution in [0.1, 0.15) is 36.0 Å². The molecule has 1 aromatic carbocycles. The summed E-state index contributed by atoms with van der Waals surface area (Å²) < 4.78 is 0. The molecule has 0 aliphatic carbocycles. The number of carbonyl (C=O) groups excluding carboxylic acids is 2. The van der Waals surface area contributed by atoms with Crippen molar-refractivity contribution in [2.75, 3.05) is 26.7 Å². The van der Waals surface area contributed by atoms with Crippen LogP contribution in [0.25, 0.3) is 0 Å². The van der Waals surface area contributed by atoms with E-state index in [0.29, 0.717) is 16.5 Å². The summed E-state index contributed by atoms with van der Waals surface area (Å²) in [6.07, 6.45) is 2.63. The summed E-state index contributed by atoms with van der Waals surface area (Å²) in [6, 6.07) is 6.81. The fourth-order valence-corrected chi connectivity index (χ4v) is 2.96. The number of nitrogens with zero attached hydrogens (tertiary/aromatic N) is 1. The lowest BCUT2D eigenvalue weighted by Crippen LogP contribution is -2.40. The van der Waals surface area contributed by atoms with Crippen LogP contribution in [0.2, 0.25) is 5.02 Å². The first-order valence-electron chi connectivity index (χ1n) is 7.81. The minimum Gasteiger partial charge on any atom is -0.343 e. The van der Waals surface area contributed by atoms with E-state index in [1.165, 1.54) is 0 Å². The Morgan fingerprint density at radius 2 is 1.78 bits per heavy atom. The lowest BCUT2D eigenvalue weighted by molar-refractivity contribution is -0.132. The highest BCUT2D eigenvalue weighted by Crippen LogP contribution is 2.18. The van der Waals surface area contributed by atoms with E-state index in [1.54, 1.807) is 24.3 Å². The van der Waals surface area contributed by atoms with Gasteiger partial charge in [0.1, 0.15) is 0 Å². The number of ketones is 1. The maximum Gasteiger partial charge on any atom is 0.223 e. The molecule has 6 heteroatoms. The summed E-state index contributed by atoms with van der Waals surface area (Å²) in [7, 11) is 1.96. The van der Waals surface area contributed by atoms with Crippen LogP contribution in [-0.2, 0) is 4.79 Å². The van der Waals surface area contributed by atoms with Crippen molar-refractivity contribution in [1.82, 2.24) is 10.2 Å². The number of halogens is 2. The molecule has 1 saturated heterocycles. The average molecular weight is 359 g/mol. The second kappa shape index (κ2) is 9.91. The normalized spacial score (nSPS) is 15.1. The van der Waals surface area contributed by atoms with Crippen LogP contribution in [0.15, 0.2) is 24.3 Å². The lowest BCUT2D eigenvalue weighted by Gasteiger charge is -2.32. The van der Waals surface area contributed by atoms with Gasteiger partial charge < -0.3 is 10.2 Å². The van der Waals surface area contributed by atoms with E-state index < -0.39 is 0 Å². The summed E-state index contributed by atoms with van der Waals surface area (Å²) in [4.78, 5) is 26.1. The molecule has 23 heavy (non-hydrogen) atoms. The molecular weight excluding hydrogens is 335 g/mol. The van der Waals surface area contributed by atoms with Gasteiger partial charge in [-0.15, -0.1) is 12.4 Å². The summed E-state index contributed by atoms with van der Waals surface area (Å²) in [6.45, 7) is 2.62. The van der Waals surface area contributed by atoms with E-state index in [-0.39, 0.29) is 36.9 Å². The molecule has 1 aliphatic rings. The molecule has 1 fully saturated rings. The Kier molecular flexibility index (Phi) is 8.59. The summed E-state index contributed by atoms with van der Waals surface area (Å²) >= 11 is 5.80. The van der Waals surface area contributed by atoms with Crippen LogP contribution in [0.5, 0.6) is 0 Å². The molecule has 0 bridgehead atoms. The van der Waals surface area contributed by atoms with Crippen LogP contribution in [-0.4, -0.2) is 43.3 Å². The zero-order valence-electron chi connectivity index (χ0n) is 13.4. The van der Waals surface area contributed by atoms with Crippen molar-refractivity contribution in [3.8, 4) is 0 Å². The van der Waals surface area contributed by atoms with Gasteiger partial charge in [-0.1, -0.05) is 11.6 Å². The van der Waals surface area contributed by atoms with Crippen molar-refractivity contribution in [3.63, 3.8) is 0 Å². The number of hydrogen-bond acceptors (Lipinski definition) is 3. The Labute approximate surface area is 149 Å². The number of piperidine rings is 1. The van der Waals surface area contributed by atoms with Gasteiger partial charge in [0.15, 0.2) is 5.78 Å². The third-order valence-electron chi connectivity index (χ3n) is 4.19. The standard InChI is InChI=1S/C17H23ClN2O2.ClH/c1-19-12-13-8-10-20(11-9-13)17(22)7-6-16(21)14-2-4-15(18)5-3-14;/h2-5,13,19H,6-12H2,1H3;1H. The number of hydrogen-bond donors (Lipinski definition) is 1. The molecule has 1 aliphatic heterocycles. The molecule has 0 aromatic heterocycles. The number of amides is 1. The summed E-state index contributed by atoms with van der Waals surface area (Å²) in [5, 5.41) is 3.79. The van der Waals surface area contributed by atoms with Gasteiger partial charge >= 0.3 is 0 Å². The van der Waals surface area contributed by atoms with Gasteiger partial charge in [0.05, 0.1) is 0 Å². The van der Waals surface area contributed by atoms with Gasteiger partial charge in [0, 0.05) is 36.5 Å². The predicted molar refractivity (Wildman–Crippen MR) is 95.5 cm³/mol. The average Bonchev–Trinajstić information content (AvgIpc) is 2.54. The van der Waals surface area contributed by atoms with Crippen molar-refractivity contribution in [2.24, 2.45) is 5.92 Å². The predicted octanol–water partition coefficient (Wildman–Crippen LogP) is 3.18. The smallest absolute Gasteiger partial charge is 0.223 e. The highest BCUT2D eigenvalue weighted by molar-refractivity contribution is 6.30. The van der Waals surface area contributed by atoms with Crippen LogP contribution in [0, 0.1) is 5.92 Å².